The first kappa shape index (κ1) is 24.7. The standard InChI is InChI=1S/C32H22ClN3O2S/c33-22-13-11-20(12-14-22)26-19-27(21-7-3-1-4-8-21)36-32-28(26)29(34)30(39-32)31(37)35-23-15-17-25(18-16-23)38-24-9-5-2-6-10-24/h1-19H,34H2,(H,35,37). The number of thiophene rings is 1. The number of anilines is 2. The van der Waals surface area contributed by atoms with Crippen molar-refractivity contribution < 1.29 is 9.53 Å². The summed E-state index contributed by atoms with van der Waals surface area (Å²) in [6, 6.07) is 36.3. The molecule has 5 nitrogen and oxygen atoms in total. The molecule has 7 heteroatoms. The maximum absolute atomic E-state index is 13.4. The van der Waals surface area contributed by atoms with Gasteiger partial charge in [0.15, 0.2) is 0 Å². The lowest BCUT2D eigenvalue weighted by molar-refractivity contribution is 0.103. The van der Waals surface area contributed by atoms with E-state index in [0.29, 0.717) is 31.9 Å². The van der Waals surface area contributed by atoms with Gasteiger partial charge in [-0.15, -0.1) is 11.3 Å². The van der Waals surface area contributed by atoms with Crippen LogP contribution < -0.4 is 15.8 Å². The van der Waals surface area contributed by atoms with Gasteiger partial charge >= 0.3 is 0 Å². The number of nitrogens with one attached hydrogen (secondary N) is 1. The fourth-order valence-corrected chi connectivity index (χ4v) is 5.46. The summed E-state index contributed by atoms with van der Waals surface area (Å²) in [5.74, 6) is 1.12. The quantitative estimate of drug-likeness (QED) is 0.218. The van der Waals surface area contributed by atoms with Crippen molar-refractivity contribution in [1.82, 2.24) is 4.98 Å². The van der Waals surface area contributed by atoms with Gasteiger partial charge in [-0.1, -0.05) is 72.3 Å². The molecule has 0 fully saturated rings. The molecule has 0 aliphatic carbocycles. The first-order chi connectivity index (χ1) is 19.0. The van der Waals surface area contributed by atoms with E-state index >= 15 is 0 Å². The van der Waals surface area contributed by atoms with E-state index in [-0.39, 0.29) is 5.91 Å². The van der Waals surface area contributed by atoms with E-state index in [1.165, 1.54) is 11.3 Å². The average molecular weight is 548 g/mol. The number of fused-ring (bicyclic) bond motifs is 1. The van der Waals surface area contributed by atoms with Crippen molar-refractivity contribution in [3.8, 4) is 33.9 Å². The highest BCUT2D eigenvalue weighted by atomic mass is 35.5. The first-order valence-corrected chi connectivity index (χ1v) is 13.4. The number of pyridine rings is 1. The molecule has 190 valence electrons. The fraction of sp³-hybridized carbons (Fsp3) is 0. The van der Waals surface area contributed by atoms with Crippen LogP contribution in [0.1, 0.15) is 9.67 Å². The second-order valence-electron chi connectivity index (χ2n) is 8.85. The Labute approximate surface area is 234 Å². The van der Waals surface area contributed by atoms with Crippen molar-refractivity contribution >= 4 is 50.4 Å². The number of amides is 1. The van der Waals surface area contributed by atoms with Crippen molar-refractivity contribution in [2.75, 3.05) is 11.1 Å². The van der Waals surface area contributed by atoms with Crippen LogP contribution in [0.4, 0.5) is 11.4 Å². The van der Waals surface area contributed by atoms with Crippen molar-refractivity contribution in [2.45, 2.75) is 0 Å². The Morgan fingerprint density at radius 2 is 1.44 bits per heavy atom. The highest BCUT2D eigenvalue weighted by molar-refractivity contribution is 7.21. The van der Waals surface area contributed by atoms with Gasteiger partial charge in [0, 0.05) is 21.7 Å². The van der Waals surface area contributed by atoms with Gasteiger partial charge in [0.25, 0.3) is 5.91 Å². The van der Waals surface area contributed by atoms with E-state index in [9.17, 15) is 4.79 Å². The van der Waals surface area contributed by atoms with E-state index in [2.05, 4.69) is 5.32 Å². The van der Waals surface area contributed by atoms with Gasteiger partial charge in [0.1, 0.15) is 21.2 Å². The van der Waals surface area contributed by atoms with Crippen LogP contribution in [0.15, 0.2) is 115 Å². The number of para-hydroxylation sites is 1. The van der Waals surface area contributed by atoms with Gasteiger partial charge in [-0.2, -0.15) is 0 Å². The summed E-state index contributed by atoms with van der Waals surface area (Å²) in [5.41, 5.74) is 11.3. The number of rotatable bonds is 6. The van der Waals surface area contributed by atoms with Gasteiger partial charge in [0.05, 0.1) is 11.4 Å². The number of carbonyl (C=O) groups is 1. The fourth-order valence-electron chi connectivity index (χ4n) is 4.32. The molecule has 1 amide bonds. The Morgan fingerprint density at radius 1 is 0.795 bits per heavy atom. The third-order valence-corrected chi connectivity index (χ3v) is 7.57. The number of ether oxygens (including phenoxy) is 1. The molecule has 6 aromatic rings. The van der Waals surface area contributed by atoms with Crippen molar-refractivity contribution in [2.24, 2.45) is 0 Å². The minimum atomic E-state index is -0.296. The van der Waals surface area contributed by atoms with E-state index in [1.807, 2.05) is 103 Å². The molecule has 0 atom stereocenters. The number of nitrogen functional groups attached to an aromatic ring is 1. The second kappa shape index (κ2) is 10.6. The molecule has 0 aliphatic heterocycles. The van der Waals surface area contributed by atoms with E-state index < -0.39 is 0 Å². The van der Waals surface area contributed by atoms with Crippen LogP contribution >= 0.6 is 22.9 Å². The Hall–Kier alpha value is -4.65. The molecule has 3 N–H and O–H groups in total. The maximum Gasteiger partial charge on any atom is 0.267 e. The predicted octanol–water partition coefficient (Wildman–Crippen LogP) is 8.91. The number of carbonyl (C=O) groups excluding carboxylic acids is 1. The Balaban J connectivity index is 1.34. The lowest BCUT2D eigenvalue weighted by atomic mass is 9.99. The lowest BCUT2D eigenvalue weighted by Gasteiger charge is -2.09. The van der Waals surface area contributed by atoms with Crippen molar-refractivity contribution in [3.63, 3.8) is 0 Å². The molecule has 4 aromatic carbocycles. The van der Waals surface area contributed by atoms with Gasteiger partial charge in [0.2, 0.25) is 0 Å². The summed E-state index contributed by atoms with van der Waals surface area (Å²) in [6.07, 6.45) is 0. The van der Waals surface area contributed by atoms with Gasteiger partial charge in [-0.3, -0.25) is 4.79 Å². The molecule has 0 saturated carbocycles. The van der Waals surface area contributed by atoms with E-state index in [1.54, 1.807) is 12.1 Å². The molecule has 6 rings (SSSR count). The minimum absolute atomic E-state index is 0.296. The molecule has 0 radical (unpaired) electrons. The van der Waals surface area contributed by atoms with E-state index in [0.717, 1.165) is 33.5 Å². The average Bonchev–Trinajstić information content (AvgIpc) is 3.31. The summed E-state index contributed by atoms with van der Waals surface area (Å²) in [7, 11) is 0. The van der Waals surface area contributed by atoms with Crippen LogP contribution in [0.3, 0.4) is 0 Å². The summed E-state index contributed by atoms with van der Waals surface area (Å²) in [4.78, 5) is 19.4. The summed E-state index contributed by atoms with van der Waals surface area (Å²) in [6.45, 7) is 0. The number of hydrogen-bond acceptors (Lipinski definition) is 5. The number of hydrogen-bond donors (Lipinski definition) is 2. The van der Waals surface area contributed by atoms with Crippen LogP contribution in [-0.4, -0.2) is 10.9 Å². The van der Waals surface area contributed by atoms with Crippen LogP contribution in [-0.2, 0) is 0 Å². The van der Waals surface area contributed by atoms with Gasteiger partial charge in [-0.05, 0) is 65.7 Å². The summed E-state index contributed by atoms with van der Waals surface area (Å²) in [5, 5.41) is 4.35. The molecular weight excluding hydrogens is 526 g/mol. The lowest BCUT2D eigenvalue weighted by Crippen LogP contribution is -2.11. The van der Waals surface area contributed by atoms with Gasteiger partial charge in [-0.25, -0.2) is 4.98 Å². The molecule has 2 aromatic heterocycles. The third kappa shape index (κ3) is 5.21. The molecule has 0 spiro atoms. The number of halogens is 1. The molecule has 39 heavy (non-hydrogen) atoms. The normalized spacial score (nSPS) is 10.9. The Morgan fingerprint density at radius 3 is 2.13 bits per heavy atom. The topological polar surface area (TPSA) is 77.2 Å². The summed E-state index contributed by atoms with van der Waals surface area (Å²) >= 11 is 7.43. The molecule has 2 heterocycles. The molecule has 0 bridgehead atoms. The molecule has 0 unspecified atom stereocenters. The number of nitrogens with two attached hydrogens (primary N) is 1. The Kier molecular flexibility index (Phi) is 6.71. The maximum atomic E-state index is 13.4. The predicted molar refractivity (Wildman–Crippen MR) is 161 cm³/mol. The number of nitrogens with zero attached hydrogens (tertiary/aromatic N) is 1. The zero-order valence-corrected chi connectivity index (χ0v) is 22.2. The largest absolute Gasteiger partial charge is 0.457 e. The van der Waals surface area contributed by atoms with Crippen molar-refractivity contribution in [1.29, 1.82) is 0 Å². The SMILES string of the molecule is Nc1c(C(=O)Nc2ccc(Oc3ccccc3)cc2)sc2nc(-c3ccccc3)cc(-c3ccc(Cl)cc3)c12. The van der Waals surface area contributed by atoms with Crippen molar-refractivity contribution in [3.05, 3.63) is 125 Å². The third-order valence-electron chi connectivity index (χ3n) is 6.22. The second-order valence-corrected chi connectivity index (χ2v) is 10.3. The first-order valence-electron chi connectivity index (χ1n) is 12.2. The number of benzene rings is 4. The zero-order chi connectivity index (χ0) is 26.8. The number of aromatic nitrogens is 1. The highest BCUT2D eigenvalue weighted by Crippen LogP contribution is 2.41. The molecule has 0 saturated heterocycles. The van der Waals surface area contributed by atoms with Crippen LogP contribution in [0, 0.1) is 0 Å². The molecule has 0 aliphatic rings. The Bertz CT molecular complexity index is 1770. The van der Waals surface area contributed by atoms with Crippen LogP contribution in [0.25, 0.3) is 32.6 Å². The molecular formula is C32H22ClN3O2S. The zero-order valence-electron chi connectivity index (χ0n) is 20.6. The summed E-state index contributed by atoms with van der Waals surface area (Å²) < 4.78 is 5.85. The smallest absolute Gasteiger partial charge is 0.267 e. The van der Waals surface area contributed by atoms with Crippen LogP contribution in [0.5, 0.6) is 11.5 Å². The minimum Gasteiger partial charge on any atom is -0.457 e. The van der Waals surface area contributed by atoms with Gasteiger partial charge < -0.3 is 15.8 Å². The van der Waals surface area contributed by atoms with Crippen LogP contribution in [0.2, 0.25) is 5.02 Å². The highest BCUT2D eigenvalue weighted by Gasteiger charge is 2.22. The monoisotopic (exact) mass is 547 g/mol. The van der Waals surface area contributed by atoms with E-state index in [4.69, 9.17) is 27.1 Å².